The predicted octanol–water partition coefficient (Wildman–Crippen LogP) is 15.1. The highest BCUT2D eigenvalue weighted by Gasteiger charge is 2.19. The molecule has 0 atom stereocenters. The van der Waals surface area contributed by atoms with Crippen molar-refractivity contribution in [2.24, 2.45) is 0 Å². The number of benzene rings is 9. The molecule has 0 bridgehead atoms. The molecule has 258 valence electrons. The average molecular weight is 704 g/mol. The van der Waals surface area contributed by atoms with Crippen LogP contribution in [0.1, 0.15) is 0 Å². The van der Waals surface area contributed by atoms with Crippen molar-refractivity contribution in [1.82, 2.24) is 0 Å². The fourth-order valence-electron chi connectivity index (χ4n) is 8.28. The number of fused-ring (bicyclic) bond motifs is 8. The molecule has 0 N–H and O–H groups in total. The van der Waals surface area contributed by atoms with Crippen molar-refractivity contribution in [2.45, 2.75) is 0 Å². The summed E-state index contributed by atoms with van der Waals surface area (Å²) in [6.07, 6.45) is 0. The Morgan fingerprint density at radius 3 is 1.67 bits per heavy atom. The number of para-hydroxylation sites is 2. The average Bonchev–Trinajstić information content (AvgIpc) is 3.83. The summed E-state index contributed by atoms with van der Waals surface area (Å²) in [6, 6.07) is 70.8. The van der Waals surface area contributed by atoms with E-state index < -0.39 is 0 Å². The van der Waals surface area contributed by atoms with Gasteiger partial charge >= 0.3 is 0 Å². The number of rotatable bonds is 6. The lowest BCUT2D eigenvalue weighted by atomic mass is 9.93. The van der Waals surface area contributed by atoms with Crippen LogP contribution in [0.25, 0.3) is 88.0 Å². The molecule has 55 heavy (non-hydrogen) atoms. The van der Waals surface area contributed by atoms with E-state index in [1.807, 2.05) is 18.2 Å². The molecule has 0 amide bonds. The molecular weight excluding hydrogens is 671 g/mol. The van der Waals surface area contributed by atoms with Crippen LogP contribution in [0.4, 0.5) is 17.1 Å². The molecule has 0 aliphatic carbocycles. The molecule has 0 saturated heterocycles. The monoisotopic (exact) mass is 703 g/mol. The lowest BCUT2D eigenvalue weighted by Gasteiger charge is -2.26. The molecule has 0 aliphatic rings. The highest BCUT2D eigenvalue weighted by molar-refractivity contribution is 6.24. The van der Waals surface area contributed by atoms with Gasteiger partial charge in [0.1, 0.15) is 22.3 Å². The summed E-state index contributed by atoms with van der Waals surface area (Å²) >= 11 is 0. The van der Waals surface area contributed by atoms with Gasteiger partial charge in [0.2, 0.25) is 0 Å². The topological polar surface area (TPSA) is 29.5 Å². The summed E-state index contributed by atoms with van der Waals surface area (Å²) in [5.41, 5.74) is 13.6. The Morgan fingerprint density at radius 1 is 0.309 bits per heavy atom. The largest absolute Gasteiger partial charge is 0.456 e. The molecule has 0 saturated carbocycles. The van der Waals surface area contributed by atoms with Gasteiger partial charge in [0.05, 0.1) is 0 Å². The van der Waals surface area contributed by atoms with Gasteiger partial charge in [-0.2, -0.15) is 0 Å². The first kappa shape index (κ1) is 31.2. The van der Waals surface area contributed by atoms with Gasteiger partial charge in [-0.05, 0) is 81.7 Å². The van der Waals surface area contributed by atoms with E-state index >= 15 is 0 Å². The molecule has 2 aromatic heterocycles. The van der Waals surface area contributed by atoms with Crippen molar-refractivity contribution >= 4 is 71.7 Å². The summed E-state index contributed by atoms with van der Waals surface area (Å²) in [5, 5.41) is 6.87. The fraction of sp³-hybridized carbons (Fsp3) is 0. The van der Waals surface area contributed by atoms with E-state index in [0.29, 0.717) is 0 Å². The van der Waals surface area contributed by atoms with Crippen LogP contribution in [0.3, 0.4) is 0 Å². The van der Waals surface area contributed by atoms with Gasteiger partial charge in [0, 0.05) is 55.6 Å². The number of hydrogen-bond acceptors (Lipinski definition) is 3. The molecule has 9 aromatic carbocycles. The van der Waals surface area contributed by atoms with E-state index in [4.69, 9.17) is 8.83 Å². The van der Waals surface area contributed by atoms with E-state index in [1.165, 1.54) is 27.5 Å². The van der Waals surface area contributed by atoms with Gasteiger partial charge in [-0.25, -0.2) is 0 Å². The maximum absolute atomic E-state index is 6.66. The second-order valence-corrected chi connectivity index (χ2v) is 14.1. The molecule has 0 radical (unpaired) electrons. The summed E-state index contributed by atoms with van der Waals surface area (Å²) in [7, 11) is 0. The molecule has 0 unspecified atom stereocenters. The molecule has 11 aromatic rings. The first-order valence-electron chi connectivity index (χ1n) is 18.7. The third kappa shape index (κ3) is 5.20. The van der Waals surface area contributed by atoms with Gasteiger partial charge in [0.25, 0.3) is 0 Å². The predicted molar refractivity (Wildman–Crippen MR) is 229 cm³/mol. The summed E-state index contributed by atoms with van der Waals surface area (Å²) in [6.45, 7) is 0. The van der Waals surface area contributed by atoms with Crippen LogP contribution in [-0.4, -0.2) is 0 Å². The summed E-state index contributed by atoms with van der Waals surface area (Å²) in [5.74, 6) is 0. The zero-order valence-corrected chi connectivity index (χ0v) is 29.8. The van der Waals surface area contributed by atoms with E-state index in [9.17, 15) is 0 Å². The third-order valence-corrected chi connectivity index (χ3v) is 10.9. The molecule has 3 nitrogen and oxygen atoms in total. The lowest BCUT2D eigenvalue weighted by Crippen LogP contribution is -2.09. The van der Waals surface area contributed by atoms with Crippen LogP contribution in [0.2, 0.25) is 0 Å². The van der Waals surface area contributed by atoms with Gasteiger partial charge in [0.15, 0.2) is 0 Å². The number of hydrogen-bond donors (Lipinski definition) is 0. The first-order valence-corrected chi connectivity index (χ1v) is 18.7. The number of nitrogens with zero attached hydrogens (tertiary/aromatic N) is 1. The molecule has 0 spiro atoms. The SMILES string of the molecule is c1ccc(-c2ccc(N(c3ccc(-c4cccc5ccc6oc7c(-c8ccccc8)cccc7c6c45)cc3)c3ccc4c(c3)oc3ccccc34)cc2)cc1. The van der Waals surface area contributed by atoms with Crippen LogP contribution in [0.15, 0.2) is 209 Å². The van der Waals surface area contributed by atoms with Crippen molar-refractivity contribution in [3.63, 3.8) is 0 Å². The Hall–Kier alpha value is -7.36. The molecular formula is C52H33NO2. The minimum Gasteiger partial charge on any atom is -0.456 e. The Morgan fingerprint density at radius 2 is 0.891 bits per heavy atom. The van der Waals surface area contributed by atoms with Crippen LogP contribution < -0.4 is 4.90 Å². The molecule has 0 aliphatic heterocycles. The first-order chi connectivity index (χ1) is 27.3. The Balaban J connectivity index is 1.05. The van der Waals surface area contributed by atoms with E-state index in [0.717, 1.165) is 77.6 Å². The van der Waals surface area contributed by atoms with Gasteiger partial charge in [-0.1, -0.05) is 146 Å². The van der Waals surface area contributed by atoms with Crippen LogP contribution in [-0.2, 0) is 0 Å². The standard InChI is InChI=1S/C52H33NO2/c1-3-11-34(12-4-1)35-21-26-39(27-22-35)53(41-30-31-45-44-16-7-8-20-47(44)54-49(45)33-41)40-28-23-37(24-29-40)42-17-9-15-38-25-32-48-51(50(38)42)46-19-10-18-43(52(46)55-48)36-13-5-2-6-14-36/h1-33H. The molecule has 3 heteroatoms. The van der Waals surface area contributed by atoms with Crippen molar-refractivity contribution < 1.29 is 8.83 Å². The summed E-state index contributed by atoms with van der Waals surface area (Å²) < 4.78 is 13.0. The Bertz CT molecular complexity index is 3180. The number of anilines is 3. The van der Waals surface area contributed by atoms with Crippen LogP contribution >= 0.6 is 0 Å². The van der Waals surface area contributed by atoms with Crippen molar-refractivity contribution in [1.29, 1.82) is 0 Å². The van der Waals surface area contributed by atoms with Crippen LogP contribution in [0.5, 0.6) is 0 Å². The molecule has 0 fully saturated rings. The highest BCUT2D eigenvalue weighted by Crippen LogP contribution is 2.44. The normalized spacial score (nSPS) is 11.6. The van der Waals surface area contributed by atoms with Crippen molar-refractivity contribution in [3.05, 3.63) is 200 Å². The third-order valence-electron chi connectivity index (χ3n) is 10.9. The van der Waals surface area contributed by atoms with E-state index in [1.54, 1.807) is 0 Å². The quantitative estimate of drug-likeness (QED) is 0.173. The number of furan rings is 2. The zero-order valence-electron chi connectivity index (χ0n) is 29.8. The zero-order chi connectivity index (χ0) is 36.3. The second kappa shape index (κ2) is 12.6. The molecule has 2 heterocycles. The smallest absolute Gasteiger partial charge is 0.143 e. The molecule has 11 rings (SSSR count). The van der Waals surface area contributed by atoms with Crippen LogP contribution in [0, 0.1) is 0 Å². The highest BCUT2D eigenvalue weighted by atomic mass is 16.3. The maximum atomic E-state index is 6.66. The van der Waals surface area contributed by atoms with E-state index in [2.05, 4.69) is 187 Å². The van der Waals surface area contributed by atoms with Gasteiger partial charge < -0.3 is 13.7 Å². The van der Waals surface area contributed by atoms with Crippen molar-refractivity contribution in [3.8, 4) is 33.4 Å². The lowest BCUT2D eigenvalue weighted by molar-refractivity contribution is 0.669. The maximum Gasteiger partial charge on any atom is 0.143 e. The minimum atomic E-state index is 0.865. The van der Waals surface area contributed by atoms with Gasteiger partial charge in [-0.3, -0.25) is 0 Å². The van der Waals surface area contributed by atoms with Crippen molar-refractivity contribution in [2.75, 3.05) is 4.90 Å². The van der Waals surface area contributed by atoms with Gasteiger partial charge in [-0.15, -0.1) is 0 Å². The Kier molecular flexibility index (Phi) is 7.17. The second-order valence-electron chi connectivity index (χ2n) is 14.1. The minimum absolute atomic E-state index is 0.865. The Labute approximate surface area is 317 Å². The fourth-order valence-corrected chi connectivity index (χ4v) is 8.28. The summed E-state index contributed by atoms with van der Waals surface area (Å²) in [4.78, 5) is 2.31. The van der Waals surface area contributed by atoms with E-state index in [-0.39, 0.29) is 0 Å².